The molecule has 3 rings (SSSR count). The first-order chi connectivity index (χ1) is 10.3. The number of aliphatic hydroxyl groups is 1. The SMILES string of the molecule is Cn1c(N[C@@H]2CCC[C@H]2O)nc2nc(C(F)(F)F)[nH]c2c1=O. The summed E-state index contributed by atoms with van der Waals surface area (Å²) in [4.78, 5) is 21.4. The number of aromatic amines is 1. The van der Waals surface area contributed by atoms with Gasteiger partial charge in [-0.05, 0) is 19.3 Å². The van der Waals surface area contributed by atoms with E-state index in [4.69, 9.17) is 0 Å². The van der Waals surface area contributed by atoms with Gasteiger partial charge in [-0.3, -0.25) is 9.36 Å². The molecule has 2 heterocycles. The van der Waals surface area contributed by atoms with Crippen LogP contribution in [0, 0.1) is 0 Å². The number of alkyl halides is 3. The van der Waals surface area contributed by atoms with E-state index >= 15 is 0 Å². The summed E-state index contributed by atoms with van der Waals surface area (Å²) in [6.45, 7) is 0. The maximum Gasteiger partial charge on any atom is 0.449 e. The molecule has 0 bridgehead atoms. The summed E-state index contributed by atoms with van der Waals surface area (Å²) >= 11 is 0. The zero-order valence-electron chi connectivity index (χ0n) is 11.6. The largest absolute Gasteiger partial charge is 0.449 e. The maximum atomic E-state index is 12.7. The zero-order valence-corrected chi connectivity index (χ0v) is 11.6. The number of H-pyrrole nitrogens is 1. The molecule has 2 atom stereocenters. The van der Waals surface area contributed by atoms with Gasteiger partial charge in [0.25, 0.3) is 5.56 Å². The normalized spacial score (nSPS) is 22.4. The Morgan fingerprint density at radius 3 is 2.68 bits per heavy atom. The molecule has 120 valence electrons. The van der Waals surface area contributed by atoms with Crippen molar-refractivity contribution in [3.8, 4) is 0 Å². The van der Waals surface area contributed by atoms with Crippen LogP contribution in [-0.2, 0) is 13.2 Å². The second kappa shape index (κ2) is 4.97. The van der Waals surface area contributed by atoms with E-state index in [0.29, 0.717) is 12.8 Å². The minimum atomic E-state index is -4.68. The first-order valence-corrected chi connectivity index (χ1v) is 6.76. The molecule has 10 heteroatoms. The quantitative estimate of drug-likeness (QED) is 0.768. The lowest BCUT2D eigenvalue weighted by molar-refractivity contribution is -0.144. The van der Waals surface area contributed by atoms with Crippen LogP contribution in [0.2, 0.25) is 0 Å². The second-order valence-electron chi connectivity index (χ2n) is 5.33. The third-order valence-electron chi connectivity index (χ3n) is 3.80. The minimum Gasteiger partial charge on any atom is -0.391 e. The Morgan fingerprint density at radius 1 is 1.36 bits per heavy atom. The van der Waals surface area contributed by atoms with Crippen LogP contribution < -0.4 is 10.9 Å². The lowest BCUT2D eigenvalue weighted by atomic mass is 10.2. The van der Waals surface area contributed by atoms with Crippen molar-refractivity contribution in [3.05, 3.63) is 16.2 Å². The van der Waals surface area contributed by atoms with Crippen molar-refractivity contribution in [2.75, 3.05) is 5.32 Å². The Hall–Kier alpha value is -2.10. The van der Waals surface area contributed by atoms with Crippen molar-refractivity contribution in [1.29, 1.82) is 0 Å². The van der Waals surface area contributed by atoms with Crippen LogP contribution in [0.25, 0.3) is 11.2 Å². The molecular weight excluding hydrogens is 303 g/mol. The molecule has 7 nitrogen and oxygen atoms in total. The minimum absolute atomic E-state index is 0.0867. The second-order valence-corrected chi connectivity index (χ2v) is 5.33. The number of aromatic nitrogens is 4. The van der Waals surface area contributed by atoms with Gasteiger partial charge in [-0.2, -0.15) is 18.2 Å². The Labute approximate surface area is 122 Å². The average Bonchev–Trinajstić information content (AvgIpc) is 3.02. The highest BCUT2D eigenvalue weighted by molar-refractivity contribution is 5.71. The molecule has 0 unspecified atom stereocenters. The molecule has 1 aliphatic rings. The number of nitrogens with zero attached hydrogens (tertiary/aromatic N) is 3. The lowest BCUT2D eigenvalue weighted by Crippen LogP contribution is -2.32. The molecule has 2 aromatic heterocycles. The van der Waals surface area contributed by atoms with Crippen molar-refractivity contribution in [2.24, 2.45) is 7.05 Å². The molecular formula is C12H14F3N5O2. The Balaban J connectivity index is 2.05. The number of nitrogens with one attached hydrogen (secondary N) is 2. The van der Waals surface area contributed by atoms with E-state index in [1.165, 1.54) is 7.05 Å². The van der Waals surface area contributed by atoms with Crippen molar-refractivity contribution in [1.82, 2.24) is 19.5 Å². The van der Waals surface area contributed by atoms with Gasteiger partial charge in [-0.15, -0.1) is 0 Å². The van der Waals surface area contributed by atoms with E-state index in [1.54, 1.807) is 0 Å². The van der Waals surface area contributed by atoms with Crippen LogP contribution in [0.5, 0.6) is 0 Å². The number of aliphatic hydroxyl groups excluding tert-OH is 1. The van der Waals surface area contributed by atoms with Crippen LogP contribution >= 0.6 is 0 Å². The van der Waals surface area contributed by atoms with Gasteiger partial charge in [0, 0.05) is 7.05 Å². The van der Waals surface area contributed by atoms with Crippen molar-refractivity contribution in [3.63, 3.8) is 0 Å². The van der Waals surface area contributed by atoms with Crippen molar-refractivity contribution >= 4 is 17.1 Å². The summed E-state index contributed by atoms with van der Waals surface area (Å²) < 4.78 is 39.1. The monoisotopic (exact) mass is 317 g/mol. The predicted molar refractivity (Wildman–Crippen MR) is 71.4 cm³/mol. The van der Waals surface area contributed by atoms with Gasteiger partial charge >= 0.3 is 6.18 Å². The number of imidazole rings is 1. The Morgan fingerprint density at radius 2 is 2.09 bits per heavy atom. The van der Waals surface area contributed by atoms with E-state index in [1.807, 2.05) is 4.98 Å². The van der Waals surface area contributed by atoms with Crippen LogP contribution in [0.4, 0.5) is 19.1 Å². The molecule has 0 amide bonds. The van der Waals surface area contributed by atoms with Gasteiger partial charge in [0.1, 0.15) is 0 Å². The van der Waals surface area contributed by atoms with Gasteiger partial charge in [0.2, 0.25) is 11.8 Å². The number of halogens is 3. The summed E-state index contributed by atoms with van der Waals surface area (Å²) in [5.41, 5.74) is -1.26. The molecule has 1 saturated carbocycles. The summed E-state index contributed by atoms with van der Waals surface area (Å²) in [6, 6.07) is -0.281. The van der Waals surface area contributed by atoms with Crippen LogP contribution in [-0.4, -0.2) is 36.8 Å². The van der Waals surface area contributed by atoms with Gasteiger partial charge in [-0.25, -0.2) is 4.98 Å². The van der Waals surface area contributed by atoms with E-state index in [-0.39, 0.29) is 23.2 Å². The highest BCUT2D eigenvalue weighted by atomic mass is 19.4. The molecule has 22 heavy (non-hydrogen) atoms. The average molecular weight is 317 g/mol. The highest BCUT2D eigenvalue weighted by Crippen LogP contribution is 2.28. The fourth-order valence-corrected chi connectivity index (χ4v) is 2.57. The molecule has 0 aromatic carbocycles. The van der Waals surface area contributed by atoms with Gasteiger partial charge in [0.05, 0.1) is 12.1 Å². The summed E-state index contributed by atoms with van der Waals surface area (Å²) in [5, 5.41) is 12.7. The van der Waals surface area contributed by atoms with E-state index in [9.17, 15) is 23.1 Å². The van der Waals surface area contributed by atoms with Gasteiger partial charge in [-0.1, -0.05) is 0 Å². The molecule has 0 aliphatic heterocycles. The molecule has 1 aliphatic carbocycles. The summed E-state index contributed by atoms with van der Waals surface area (Å²) in [6.07, 6.45) is -3.09. The smallest absolute Gasteiger partial charge is 0.391 e. The maximum absolute atomic E-state index is 12.7. The topological polar surface area (TPSA) is 95.8 Å². The van der Waals surface area contributed by atoms with E-state index in [0.717, 1.165) is 11.0 Å². The summed E-state index contributed by atoms with van der Waals surface area (Å²) in [5.74, 6) is -1.17. The van der Waals surface area contributed by atoms with Crippen LogP contribution in [0.15, 0.2) is 4.79 Å². The van der Waals surface area contributed by atoms with Crippen LogP contribution in [0.1, 0.15) is 25.1 Å². The number of fused-ring (bicyclic) bond motifs is 1. The molecule has 0 radical (unpaired) electrons. The number of rotatable bonds is 2. The third-order valence-corrected chi connectivity index (χ3v) is 3.80. The zero-order chi connectivity index (χ0) is 16.1. The Kier molecular flexibility index (Phi) is 3.35. The number of hydrogen-bond donors (Lipinski definition) is 3. The highest BCUT2D eigenvalue weighted by Gasteiger charge is 2.36. The number of anilines is 1. The third kappa shape index (κ3) is 2.43. The fraction of sp³-hybridized carbons (Fsp3) is 0.583. The number of hydrogen-bond acceptors (Lipinski definition) is 5. The fourth-order valence-electron chi connectivity index (χ4n) is 2.57. The molecule has 2 aromatic rings. The predicted octanol–water partition coefficient (Wildman–Crippen LogP) is 1.00. The molecule has 0 saturated heterocycles. The molecule has 3 N–H and O–H groups in total. The van der Waals surface area contributed by atoms with Crippen molar-refractivity contribution < 1.29 is 18.3 Å². The first-order valence-electron chi connectivity index (χ1n) is 6.76. The van der Waals surface area contributed by atoms with E-state index in [2.05, 4.69) is 15.3 Å². The Bertz CT molecular complexity index is 766. The molecule has 1 fully saturated rings. The standard InChI is InChI=1S/C12H14F3N5O2/c1-20-9(22)7-8(18-10(17-7)12(13,14)15)19-11(20)16-5-3-2-4-6(5)21/h5-6,21H,2-4H2,1H3,(H,16,19)(H,17,18)/t5-,6-/m1/s1. The lowest BCUT2D eigenvalue weighted by Gasteiger charge is -2.18. The van der Waals surface area contributed by atoms with E-state index < -0.39 is 23.7 Å². The molecule has 0 spiro atoms. The first kappa shape index (κ1) is 14.8. The van der Waals surface area contributed by atoms with Crippen LogP contribution in [0.3, 0.4) is 0 Å². The summed E-state index contributed by atoms with van der Waals surface area (Å²) in [7, 11) is 1.40. The van der Waals surface area contributed by atoms with Crippen molar-refractivity contribution in [2.45, 2.75) is 37.6 Å². The van der Waals surface area contributed by atoms with Gasteiger partial charge < -0.3 is 15.4 Å². The van der Waals surface area contributed by atoms with Gasteiger partial charge in [0.15, 0.2) is 11.2 Å².